The first-order valence-electron chi connectivity index (χ1n) is 3.53. The summed E-state index contributed by atoms with van der Waals surface area (Å²) in [7, 11) is 0. The molecule has 2 rings (SSSR count). The van der Waals surface area contributed by atoms with Crippen molar-refractivity contribution in [3.8, 4) is 0 Å². The summed E-state index contributed by atoms with van der Waals surface area (Å²) in [6, 6.07) is 1.78. The van der Waals surface area contributed by atoms with Crippen LogP contribution >= 0.6 is 0 Å². The predicted octanol–water partition coefficient (Wildman–Crippen LogP) is 0.0297. The summed E-state index contributed by atoms with van der Waals surface area (Å²) in [4.78, 5) is 3.90. The number of aliphatic hydroxyl groups excluding tert-OH is 1. The molecule has 1 N–H and O–H groups in total. The lowest BCUT2D eigenvalue weighted by molar-refractivity contribution is 0.457. The molecule has 1 aromatic heterocycles. The minimum Gasteiger partial charge on any atom is -0.507 e. The van der Waals surface area contributed by atoms with Gasteiger partial charge < -0.3 is 9.84 Å². The number of hydrogen-bond donors (Lipinski definition) is 1. The SMILES string of the molecule is OC1=c2cnccc2=COC=C1. The topological polar surface area (TPSA) is 42.4 Å². The summed E-state index contributed by atoms with van der Waals surface area (Å²) < 4.78 is 4.98. The quantitative estimate of drug-likeness (QED) is 0.583. The van der Waals surface area contributed by atoms with E-state index in [1.165, 1.54) is 12.3 Å². The van der Waals surface area contributed by atoms with Gasteiger partial charge in [0, 0.05) is 28.9 Å². The van der Waals surface area contributed by atoms with E-state index in [0.717, 1.165) is 5.22 Å². The highest BCUT2D eigenvalue weighted by Gasteiger charge is 1.95. The second-order valence-electron chi connectivity index (χ2n) is 2.40. The zero-order valence-corrected chi connectivity index (χ0v) is 6.27. The van der Waals surface area contributed by atoms with Gasteiger partial charge >= 0.3 is 0 Å². The molecule has 0 bridgehead atoms. The van der Waals surface area contributed by atoms with E-state index >= 15 is 0 Å². The third-order valence-electron chi connectivity index (χ3n) is 1.63. The lowest BCUT2D eigenvalue weighted by Crippen LogP contribution is -2.26. The molecule has 0 atom stereocenters. The van der Waals surface area contributed by atoms with Crippen molar-refractivity contribution >= 4 is 12.0 Å². The van der Waals surface area contributed by atoms with Crippen molar-refractivity contribution in [2.75, 3.05) is 0 Å². The molecule has 0 saturated carbocycles. The van der Waals surface area contributed by atoms with E-state index in [9.17, 15) is 5.11 Å². The average molecular weight is 161 g/mol. The maximum Gasteiger partial charge on any atom is 0.128 e. The molecule has 0 aromatic carbocycles. The van der Waals surface area contributed by atoms with Gasteiger partial charge in [-0.2, -0.15) is 0 Å². The lowest BCUT2D eigenvalue weighted by Gasteiger charge is -1.88. The molecule has 12 heavy (non-hydrogen) atoms. The fourth-order valence-corrected chi connectivity index (χ4v) is 1.03. The highest BCUT2D eigenvalue weighted by Crippen LogP contribution is 1.91. The van der Waals surface area contributed by atoms with E-state index in [0.29, 0.717) is 5.22 Å². The van der Waals surface area contributed by atoms with E-state index in [4.69, 9.17) is 4.74 Å². The second-order valence-corrected chi connectivity index (χ2v) is 2.40. The number of pyridine rings is 1. The van der Waals surface area contributed by atoms with Crippen LogP contribution in [0.3, 0.4) is 0 Å². The Labute approximate surface area is 68.9 Å². The van der Waals surface area contributed by atoms with Crippen molar-refractivity contribution in [1.29, 1.82) is 0 Å². The molecule has 1 aromatic rings. The molecule has 0 fully saturated rings. The normalized spacial score (nSPS) is 14.2. The van der Waals surface area contributed by atoms with Gasteiger partial charge in [-0.3, -0.25) is 4.98 Å². The number of fused-ring (bicyclic) bond motifs is 1. The molecule has 3 nitrogen and oxygen atoms in total. The number of aromatic nitrogens is 1. The van der Waals surface area contributed by atoms with Gasteiger partial charge in [-0.25, -0.2) is 0 Å². The molecule has 2 heterocycles. The molecule has 0 radical (unpaired) electrons. The molecule has 1 aliphatic rings. The molecule has 1 aliphatic heterocycles. The molecular formula is C9H7NO2. The Morgan fingerprint density at radius 2 is 2.33 bits per heavy atom. The molecule has 0 aliphatic carbocycles. The maximum atomic E-state index is 9.43. The third kappa shape index (κ3) is 1.05. The number of rotatable bonds is 0. The molecule has 0 saturated heterocycles. The second kappa shape index (κ2) is 2.70. The van der Waals surface area contributed by atoms with Crippen LogP contribution in [-0.2, 0) is 4.74 Å². The van der Waals surface area contributed by atoms with Gasteiger partial charge in [0.2, 0.25) is 0 Å². The Bertz CT molecular complexity index is 434. The first-order valence-corrected chi connectivity index (χ1v) is 3.53. The summed E-state index contributed by atoms with van der Waals surface area (Å²) in [5.41, 5.74) is 0. The highest BCUT2D eigenvalue weighted by atomic mass is 16.5. The minimum atomic E-state index is 0.173. The molecule has 3 heteroatoms. The number of hydrogen-bond acceptors (Lipinski definition) is 3. The minimum absolute atomic E-state index is 0.173. The Morgan fingerprint density at radius 3 is 3.25 bits per heavy atom. The van der Waals surface area contributed by atoms with Crippen molar-refractivity contribution in [2.45, 2.75) is 0 Å². The Balaban J connectivity index is 2.89. The van der Waals surface area contributed by atoms with Crippen LogP contribution in [0.15, 0.2) is 30.8 Å². The monoisotopic (exact) mass is 161 g/mol. The van der Waals surface area contributed by atoms with Crippen LogP contribution in [0.1, 0.15) is 0 Å². The summed E-state index contributed by atoms with van der Waals surface area (Å²) in [5, 5.41) is 10.9. The van der Waals surface area contributed by atoms with Crippen molar-refractivity contribution in [3.05, 3.63) is 41.2 Å². The molecule has 0 amide bonds. The lowest BCUT2D eigenvalue weighted by atomic mass is 10.3. The molecular weight excluding hydrogens is 154 g/mol. The van der Waals surface area contributed by atoms with Gasteiger partial charge in [0.25, 0.3) is 0 Å². The van der Waals surface area contributed by atoms with Gasteiger partial charge in [0.05, 0.1) is 12.5 Å². The summed E-state index contributed by atoms with van der Waals surface area (Å²) in [6.07, 6.45) is 7.73. The van der Waals surface area contributed by atoms with Crippen LogP contribution in [0.4, 0.5) is 0 Å². The van der Waals surface area contributed by atoms with Crippen molar-refractivity contribution in [1.82, 2.24) is 4.98 Å². The van der Waals surface area contributed by atoms with Crippen molar-refractivity contribution in [3.63, 3.8) is 0 Å². The van der Waals surface area contributed by atoms with Crippen LogP contribution < -0.4 is 10.4 Å². The Morgan fingerprint density at radius 1 is 1.42 bits per heavy atom. The summed E-state index contributed by atoms with van der Waals surface area (Å²) >= 11 is 0. The smallest absolute Gasteiger partial charge is 0.128 e. The fraction of sp³-hybridized carbons (Fsp3) is 0. The van der Waals surface area contributed by atoms with E-state index in [2.05, 4.69) is 4.98 Å². The Kier molecular flexibility index (Phi) is 1.55. The number of ether oxygens (including phenoxy) is 1. The first kappa shape index (κ1) is 6.91. The van der Waals surface area contributed by atoms with E-state index in [-0.39, 0.29) is 5.76 Å². The predicted molar refractivity (Wildman–Crippen MR) is 44.2 cm³/mol. The van der Waals surface area contributed by atoms with Crippen molar-refractivity contribution < 1.29 is 9.84 Å². The van der Waals surface area contributed by atoms with Gasteiger partial charge in [0.1, 0.15) is 5.76 Å². The van der Waals surface area contributed by atoms with Crippen LogP contribution in [0.2, 0.25) is 0 Å². The number of aliphatic hydroxyl groups is 1. The van der Waals surface area contributed by atoms with Gasteiger partial charge in [-0.1, -0.05) is 0 Å². The number of nitrogens with zero attached hydrogens (tertiary/aromatic N) is 1. The van der Waals surface area contributed by atoms with Crippen LogP contribution in [0, 0.1) is 0 Å². The van der Waals surface area contributed by atoms with Gasteiger partial charge in [-0.05, 0) is 6.07 Å². The summed E-state index contributed by atoms with van der Waals surface area (Å²) in [5.74, 6) is 0.173. The van der Waals surface area contributed by atoms with E-state index in [1.54, 1.807) is 24.7 Å². The van der Waals surface area contributed by atoms with Crippen LogP contribution in [-0.4, -0.2) is 10.1 Å². The summed E-state index contributed by atoms with van der Waals surface area (Å²) in [6.45, 7) is 0. The van der Waals surface area contributed by atoms with Gasteiger partial charge in [-0.15, -0.1) is 0 Å². The largest absolute Gasteiger partial charge is 0.507 e. The molecule has 0 spiro atoms. The first-order chi connectivity index (χ1) is 5.88. The van der Waals surface area contributed by atoms with E-state index < -0.39 is 0 Å². The van der Waals surface area contributed by atoms with Crippen LogP contribution in [0.25, 0.3) is 12.0 Å². The average Bonchev–Trinajstić information content (AvgIpc) is 2.29. The third-order valence-corrected chi connectivity index (χ3v) is 1.63. The maximum absolute atomic E-state index is 9.43. The molecule has 60 valence electrons. The van der Waals surface area contributed by atoms with Gasteiger partial charge in [0.15, 0.2) is 0 Å². The zero-order chi connectivity index (χ0) is 8.39. The Hall–Kier alpha value is -1.77. The van der Waals surface area contributed by atoms with E-state index in [1.807, 2.05) is 0 Å². The highest BCUT2D eigenvalue weighted by molar-refractivity contribution is 5.48. The fourth-order valence-electron chi connectivity index (χ4n) is 1.03. The van der Waals surface area contributed by atoms with Crippen LogP contribution in [0.5, 0.6) is 0 Å². The standard InChI is InChI=1S/C9H7NO2/c11-9-2-4-12-6-7-1-3-10-5-8(7)9/h1-6,11H. The molecule has 0 unspecified atom stereocenters. The zero-order valence-electron chi connectivity index (χ0n) is 6.27. The van der Waals surface area contributed by atoms with Crippen molar-refractivity contribution in [2.24, 2.45) is 0 Å².